The Hall–Kier alpha value is -0.570. The molecule has 0 spiro atoms. The minimum atomic E-state index is 0.0572. The first kappa shape index (κ1) is 6.43. The molecule has 0 aliphatic rings. The lowest BCUT2D eigenvalue weighted by Gasteiger charge is -1.89. The van der Waals surface area contributed by atoms with Crippen molar-refractivity contribution in [3.8, 4) is 0 Å². The Morgan fingerprint density at radius 1 is 1.71 bits per heavy atom. The summed E-state index contributed by atoms with van der Waals surface area (Å²) in [5, 5.41) is 8.08. The number of hydrogen-bond acceptors (Lipinski definition) is 3. The van der Waals surface area contributed by atoms with Gasteiger partial charge in [-0.2, -0.15) is 0 Å². The van der Waals surface area contributed by atoms with Crippen molar-refractivity contribution in [3.63, 3.8) is 0 Å². The van der Waals surface area contributed by atoms with E-state index in [1.807, 2.05) is 0 Å². The van der Waals surface area contributed by atoms with Gasteiger partial charge in [-0.15, -0.1) is 0 Å². The fourth-order valence-corrected chi connectivity index (χ4v) is 0.178. The van der Waals surface area contributed by atoms with E-state index >= 15 is 0 Å². The lowest BCUT2D eigenvalue weighted by molar-refractivity contribution is 0.219. The molecular weight excluding hydrogens is 96.0 g/mol. The highest BCUT2D eigenvalue weighted by Crippen LogP contribution is 1.73. The van der Waals surface area contributed by atoms with E-state index in [1.165, 1.54) is 6.47 Å². The van der Waals surface area contributed by atoms with Gasteiger partial charge < -0.3 is 9.84 Å². The van der Waals surface area contributed by atoms with E-state index in [-0.39, 0.29) is 13.2 Å². The van der Waals surface area contributed by atoms with Crippen molar-refractivity contribution in [1.29, 1.82) is 0 Å². The van der Waals surface area contributed by atoms with Gasteiger partial charge in [0.25, 0.3) is 0 Å². The molecule has 3 nitrogen and oxygen atoms in total. The Labute approximate surface area is 41.9 Å². The van der Waals surface area contributed by atoms with Crippen LogP contribution in [-0.2, 0) is 9.53 Å². The first-order valence-corrected chi connectivity index (χ1v) is 2.01. The fraction of sp³-hybridized carbons (Fsp3) is 0.750. The number of carbonyl (C=O) groups excluding carboxylic acids is 1. The summed E-state index contributed by atoms with van der Waals surface area (Å²) in [5.74, 6) is 0. The second-order valence-corrected chi connectivity index (χ2v) is 1.01. The maximum atomic E-state index is 9.25. The summed E-state index contributed by atoms with van der Waals surface area (Å²) in [4.78, 5) is 9.25. The van der Waals surface area contributed by atoms with Gasteiger partial charge >= 0.3 is 6.47 Å². The van der Waals surface area contributed by atoms with Crippen molar-refractivity contribution in [2.75, 3.05) is 13.2 Å². The molecule has 3 heteroatoms. The third-order valence-electron chi connectivity index (χ3n) is 0.463. The summed E-state index contributed by atoms with van der Waals surface area (Å²) < 4.78 is 4.11. The summed E-state index contributed by atoms with van der Waals surface area (Å²) in [7, 11) is 0. The van der Waals surface area contributed by atoms with Crippen molar-refractivity contribution in [3.05, 3.63) is 0 Å². The van der Waals surface area contributed by atoms with E-state index in [2.05, 4.69) is 4.74 Å². The van der Waals surface area contributed by atoms with Gasteiger partial charge in [0.05, 0.1) is 6.61 Å². The van der Waals surface area contributed by atoms with E-state index in [4.69, 9.17) is 5.11 Å². The monoisotopic (exact) mass is 103 g/mol. The highest BCUT2D eigenvalue weighted by Gasteiger charge is 1.80. The third kappa shape index (κ3) is 5.43. The second-order valence-electron chi connectivity index (χ2n) is 1.01. The van der Waals surface area contributed by atoms with E-state index in [0.29, 0.717) is 6.42 Å². The van der Waals surface area contributed by atoms with Gasteiger partial charge in [0, 0.05) is 13.0 Å². The molecular formula is C4H7O3. The molecule has 0 bridgehead atoms. The summed E-state index contributed by atoms with van der Waals surface area (Å²) >= 11 is 0. The van der Waals surface area contributed by atoms with Crippen LogP contribution in [0.15, 0.2) is 0 Å². The first-order valence-electron chi connectivity index (χ1n) is 2.01. The van der Waals surface area contributed by atoms with Crippen molar-refractivity contribution in [2.24, 2.45) is 0 Å². The van der Waals surface area contributed by atoms with Gasteiger partial charge in [-0.25, -0.2) is 4.79 Å². The summed E-state index contributed by atoms with van der Waals surface area (Å²) in [5.41, 5.74) is 0. The van der Waals surface area contributed by atoms with E-state index < -0.39 is 0 Å². The van der Waals surface area contributed by atoms with Crippen molar-refractivity contribution < 1.29 is 14.6 Å². The quantitative estimate of drug-likeness (QED) is 0.486. The third-order valence-corrected chi connectivity index (χ3v) is 0.463. The lowest BCUT2D eigenvalue weighted by Crippen LogP contribution is -1.93. The molecule has 0 saturated carbocycles. The molecule has 0 aliphatic heterocycles. The van der Waals surface area contributed by atoms with Gasteiger partial charge in [-0.05, 0) is 0 Å². The average Bonchev–Trinajstić information content (AvgIpc) is 1.69. The van der Waals surface area contributed by atoms with Crippen molar-refractivity contribution in [2.45, 2.75) is 6.42 Å². The molecule has 0 aromatic heterocycles. The van der Waals surface area contributed by atoms with Gasteiger partial charge in [-0.3, -0.25) is 0 Å². The topological polar surface area (TPSA) is 46.5 Å². The molecule has 0 rings (SSSR count). The zero-order chi connectivity index (χ0) is 5.54. The zero-order valence-corrected chi connectivity index (χ0v) is 3.89. The first-order chi connectivity index (χ1) is 3.41. The highest BCUT2D eigenvalue weighted by atomic mass is 16.5. The maximum Gasteiger partial charge on any atom is 0.417 e. The highest BCUT2D eigenvalue weighted by molar-refractivity contribution is 5.37. The predicted molar refractivity (Wildman–Crippen MR) is 23.3 cm³/mol. The molecule has 0 unspecified atom stereocenters. The SMILES string of the molecule is O=[C]OCCCO. The van der Waals surface area contributed by atoms with Crippen LogP contribution in [0.25, 0.3) is 0 Å². The van der Waals surface area contributed by atoms with Crippen LogP contribution < -0.4 is 0 Å². The van der Waals surface area contributed by atoms with Gasteiger partial charge in [0.15, 0.2) is 0 Å². The number of ether oxygens (including phenoxy) is 1. The molecule has 1 N–H and O–H groups in total. The van der Waals surface area contributed by atoms with Crippen LogP contribution in [0.5, 0.6) is 0 Å². The molecule has 0 aromatic rings. The Bertz CT molecular complexity index is 44.2. The van der Waals surface area contributed by atoms with Crippen LogP contribution in [0.4, 0.5) is 0 Å². The predicted octanol–water partition coefficient (Wildman–Crippen LogP) is -0.547. The Balaban J connectivity index is 2.56. The second kappa shape index (κ2) is 5.43. The van der Waals surface area contributed by atoms with E-state index in [1.54, 1.807) is 0 Å². The maximum absolute atomic E-state index is 9.25. The molecule has 0 aromatic carbocycles. The fourth-order valence-electron chi connectivity index (χ4n) is 0.178. The number of aliphatic hydroxyl groups excluding tert-OH is 1. The summed E-state index contributed by atoms with van der Waals surface area (Å²) in [6.45, 7) is 1.56. The van der Waals surface area contributed by atoms with Crippen LogP contribution in [0.2, 0.25) is 0 Å². The van der Waals surface area contributed by atoms with Gasteiger partial charge in [-0.1, -0.05) is 0 Å². The van der Waals surface area contributed by atoms with Crippen molar-refractivity contribution >= 4 is 6.47 Å². The van der Waals surface area contributed by atoms with E-state index in [9.17, 15) is 4.79 Å². The molecule has 0 heterocycles. The van der Waals surface area contributed by atoms with Crippen molar-refractivity contribution in [1.82, 2.24) is 0 Å². The minimum absolute atomic E-state index is 0.0572. The van der Waals surface area contributed by atoms with Crippen LogP contribution in [0.3, 0.4) is 0 Å². The molecule has 0 amide bonds. The van der Waals surface area contributed by atoms with Gasteiger partial charge in [0.2, 0.25) is 0 Å². The molecule has 0 atom stereocenters. The standard InChI is InChI=1S/C4H7O3/c5-2-1-3-7-4-6/h5H,1-3H2. The summed E-state index contributed by atoms with van der Waals surface area (Å²) in [6.07, 6.45) is 0.495. The van der Waals surface area contributed by atoms with Crippen LogP contribution in [0.1, 0.15) is 6.42 Å². The molecule has 0 fully saturated rings. The average molecular weight is 103 g/mol. The number of hydrogen-bond donors (Lipinski definition) is 1. The molecule has 41 valence electrons. The van der Waals surface area contributed by atoms with Gasteiger partial charge in [0.1, 0.15) is 0 Å². The van der Waals surface area contributed by atoms with Crippen LogP contribution in [-0.4, -0.2) is 24.8 Å². The molecule has 1 radical (unpaired) electrons. The Morgan fingerprint density at radius 2 is 2.43 bits per heavy atom. The lowest BCUT2D eigenvalue weighted by atomic mass is 10.5. The smallest absolute Gasteiger partial charge is 0.417 e. The van der Waals surface area contributed by atoms with Crippen LogP contribution >= 0.6 is 0 Å². The Morgan fingerprint density at radius 3 is 2.86 bits per heavy atom. The number of rotatable bonds is 4. The summed E-state index contributed by atoms with van der Waals surface area (Å²) in [6, 6.07) is 0. The largest absolute Gasteiger partial charge is 0.457 e. The number of aliphatic hydroxyl groups is 1. The minimum Gasteiger partial charge on any atom is -0.457 e. The zero-order valence-electron chi connectivity index (χ0n) is 3.89. The molecule has 7 heavy (non-hydrogen) atoms. The van der Waals surface area contributed by atoms with E-state index in [0.717, 1.165) is 0 Å². The Kier molecular flexibility index (Phi) is 4.99. The van der Waals surface area contributed by atoms with Crippen LogP contribution in [0, 0.1) is 0 Å². The molecule has 0 aliphatic carbocycles. The normalized spacial score (nSPS) is 8.14. The molecule has 0 saturated heterocycles.